The second-order valence-electron chi connectivity index (χ2n) is 3.76. The van der Waals surface area contributed by atoms with Gasteiger partial charge in [0.15, 0.2) is 0 Å². The van der Waals surface area contributed by atoms with Gasteiger partial charge in [-0.05, 0) is 26.0 Å². The Bertz CT molecular complexity index is 464. The predicted molar refractivity (Wildman–Crippen MR) is 62.7 cm³/mol. The van der Waals surface area contributed by atoms with Crippen molar-refractivity contribution in [2.24, 2.45) is 0 Å². The molecule has 4 nitrogen and oxygen atoms in total. The van der Waals surface area contributed by atoms with E-state index in [0.29, 0.717) is 5.82 Å². The molecule has 0 unspecified atom stereocenters. The first-order chi connectivity index (χ1) is 7.34. The molecule has 0 saturated heterocycles. The maximum Gasteiger partial charge on any atom is 0.335 e. The minimum atomic E-state index is -1.06. The number of nitrogens with one attached hydrogen (secondary N) is 1. The third-order valence-corrected chi connectivity index (χ3v) is 2.04. The topological polar surface area (TPSA) is 62.2 Å². The molecule has 0 radical (unpaired) electrons. The Kier molecular flexibility index (Phi) is 3.41. The predicted octanol–water partition coefficient (Wildman–Crippen LogP) is 2.26. The van der Waals surface area contributed by atoms with Crippen LogP contribution in [0.4, 0.5) is 5.82 Å². The highest BCUT2D eigenvalue weighted by Crippen LogP contribution is 2.18. The largest absolute Gasteiger partial charge is 0.478 e. The molecule has 0 aliphatic heterocycles. The number of hydrogen-bond donors (Lipinski definition) is 2. The first kappa shape index (κ1) is 12.3. The smallest absolute Gasteiger partial charge is 0.335 e. The van der Waals surface area contributed by atoms with Gasteiger partial charge < -0.3 is 10.4 Å². The number of aromatic nitrogens is 1. The summed E-state index contributed by atoms with van der Waals surface area (Å²) in [4.78, 5) is 14.7. The van der Waals surface area contributed by atoms with Crippen molar-refractivity contribution in [3.8, 4) is 12.3 Å². The number of halogens is 1. The van der Waals surface area contributed by atoms with Crippen LogP contribution in [0.25, 0.3) is 0 Å². The second-order valence-corrected chi connectivity index (χ2v) is 4.15. The Balaban J connectivity index is 3.07. The summed E-state index contributed by atoms with van der Waals surface area (Å²) in [6.07, 6.45) is 5.30. The van der Waals surface area contributed by atoms with Crippen LogP contribution in [0, 0.1) is 12.3 Å². The Hall–Kier alpha value is -1.73. The summed E-state index contributed by atoms with van der Waals surface area (Å²) in [6.45, 7) is 3.55. The third kappa shape index (κ3) is 3.14. The van der Waals surface area contributed by atoms with Crippen molar-refractivity contribution < 1.29 is 9.90 Å². The van der Waals surface area contributed by atoms with Crippen molar-refractivity contribution in [3.05, 3.63) is 22.8 Å². The number of hydrogen-bond acceptors (Lipinski definition) is 3. The standard InChI is InChI=1S/C11H11ClN2O2/c1-4-11(2,3)14-9-6-7(10(15)16)5-8(12)13-9/h1,5-6H,2-3H3,(H,13,14)(H,15,16). The van der Waals surface area contributed by atoms with Crippen molar-refractivity contribution in [1.82, 2.24) is 4.98 Å². The molecule has 0 aliphatic carbocycles. The summed E-state index contributed by atoms with van der Waals surface area (Å²) < 4.78 is 0. The molecule has 1 heterocycles. The van der Waals surface area contributed by atoms with Crippen LogP contribution in [0.2, 0.25) is 5.15 Å². The molecule has 0 atom stereocenters. The van der Waals surface area contributed by atoms with E-state index in [4.69, 9.17) is 23.1 Å². The average Bonchev–Trinajstić information content (AvgIpc) is 2.16. The molecule has 5 heteroatoms. The number of terminal acetylenes is 1. The normalized spacial score (nSPS) is 10.6. The van der Waals surface area contributed by atoms with Gasteiger partial charge in [0.25, 0.3) is 0 Å². The highest BCUT2D eigenvalue weighted by molar-refractivity contribution is 6.29. The Labute approximate surface area is 98.6 Å². The molecule has 0 spiro atoms. The zero-order chi connectivity index (χ0) is 12.3. The van der Waals surface area contributed by atoms with E-state index in [2.05, 4.69) is 16.2 Å². The van der Waals surface area contributed by atoms with Crippen LogP contribution in [0.1, 0.15) is 24.2 Å². The van der Waals surface area contributed by atoms with Gasteiger partial charge in [-0.25, -0.2) is 9.78 Å². The minimum Gasteiger partial charge on any atom is -0.478 e. The molecule has 1 aromatic heterocycles. The summed E-state index contributed by atoms with van der Waals surface area (Å²) in [5, 5.41) is 11.9. The number of anilines is 1. The van der Waals surface area contributed by atoms with Crippen LogP contribution in [-0.4, -0.2) is 21.6 Å². The molecular formula is C11H11ClN2O2. The van der Waals surface area contributed by atoms with E-state index in [-0.39, 0.29) is 10.7 Å². The fourth-order valence-corrected chi connectivity index (χ4v) is 1.25. The molecule has 1 aromatic rings. The first-order valence-electron chi connectivity index (χ1n) is 4.51. The van der Waals surface area contributed by atoms with Crippen LogP contribution in [0.5, 0.6) is 0 Å². The lowest BCUT2D eigenvalue weighted by molar-refractivity contribution is 0.0697. The van der Waals surface area contributed by atoms with Gasteiger partial charge in [-0.15, -0.1) is 6.42 Å². The molecule has 84 valence electrons. The van der Waals surface area contributed by atoms with E-state index < -0.39 is 11.5 Å². The van der Waals surface area contributed by atoms with Crippen LogP contribution in [0.15, 0.2) is 12.1 Å². The molecule has 16 heavy (non-hydrogen) atoms. The highest BCUT2D eigenvalue weighted by Gasteiger charge is 2.15. The van der Waals surface area contributed by atoms with E-state index in [1.165, 1.54) is 12.1 Å². The zero-order valence-corrected chi connectivity index (χ0v) is 9.67. The second kappa shape index (κ2) is 4.42. The number of aromatic carboxylic acids is 1. The summed E-state index contributed by atoms with van der Waals surface area (Å²) in [7, 11) is 0. The summed E-state index contributed by atoms with van der Waals surface area (Å²) in [5.74, 6) is 1.79. The van der Waals surface area contributed by atoms with Crippen LogP contribution >= 0.6 is 11.6 Å². The molecule has 2 N–H and O–H groups in total. The Morgan fingerprint density at radius 1 is 1.62 bits per heavy atom. The molecule has 0 fully saturated rings. The van der Waals surface area contributed by atoms with Gasteiger partial charge in [0.1, 0.15) is 11.0 Å². The lowest BCUT2D eigenvalue weighted by atomic mass is 10.1. The van der Waals surface area contributed by atoms with E-state index in [0.717, 1.165) is 0 Å². The summed E-state index contributed by atoms with van der Waals surface area (Å²) in [5.41, 5.74) is -0.552. The van der Waals surface area contributed by atoms with Crippen LogP contribution in [-0.2, 0) is 0 Å². The van der Waals surface area contributed by atoms with Gasteiger partial charge in [0, 0.05) is 0 Å². The van der Waals surface area contributed by atoms with Gasteiger partial charge in [-0.2, -0.15) is 0 Å². The zero-order valence-electron chi connectivity index (χ0n) is 8.91. The number of carboxylic acid groups (broad SMARTS) is 1. The quantitative estimate of drug-likeness (QED) is 0.626. The molecule has 1 rings (SSSR count). The van der Waals surface area contributed by atoms with Gasteiger partial charge >= 0.3 is 5.97 Å². The molecule has 0 aromatic carbocycles. The van der Waals surface area contributed by atoms with E-state index in [1.54, 1.807) is 13.8 Å². The lowest BCUT2D eigenvalue weighted by Gasteiger charge is -2.20. The summed E-state index contributed by atoms with van der Waals surface area (Å²) in [6, 6.07) is 2.66. The fraction of sp³-hybridized carbons (Fsp3) is 0.273. The fourth-order valence-electron chi connectivity index (χ4n) is 1.04. The van der Waals surface area contributed by atoms with Crippen molar-refractivity contribution in [2.45, 2.75) is 19.4 Å². The highest BCUT2D eigenvalue weighted by atomic mass is 35.5. The number of pyridine rings is 1. The van der Waals surface area contributed by atoms with E-state index >= 15 is 0 Å². The van der Waals surface area contributed by atoms with Crippen molar-refractivity contribution in [3.63, 3.8) is 0 Å². The SMILES string of the molecule is C#CC(C)(C)Nc1cc(C(=O)O)cc(Cl)n1. The van der Waals surface area contributed by atoms with E-state index in [9.17, 15) is 4.79 Å². The monoisotopic (exact) mass is 238 g/mol. The van der Waals surface area contributed by atoms with Gasteiger partial charge in [0.2, 0.25) is 0 Å². The minimum absolute atomic E-state index is 0.0651. The third-order valence-electron chi connectivity index (χ3n) is 1.84. The average molecular weight is 239 g/mol. The molecule has 0 bridgehead atoms. The maximum absolute atomic E-state index is 10.8. The Morgan fingerprint density at radius 3 is 2.75 bits per heavy atom. The molecular weight excluding hydrogens is 228 g/mol. The van der Waals surface area contributed by atoms with E-state index in [1.807, 2.05) is 0 Å². The molecule has 0 amide bonds. The van der Waals surface area contributed by atoms with Crippen molar-refractivity contribution in [1.29, 1.82) is 0 Å². The van der Waals surface area contributed by atoms with Crippen molar-refractivity contribution in [2.75, 3.05) is 5.32 Å². The number of nitrogens with zero attached hydrogens (tertiary/aromatic N) is 1. The Morgan fingerprint density at radius 2 is 2.25 bits per heavy atom. The van der Waals surface area contributed by atoms with Gasteiger partial charge in [-0.3, -0.25) is 0 Å². The van der Waals surface area contributed by atoms with Crippen molar-refractivity contribution >= 4 is 23.4 Å². The first-order valence-corrected chi connectivity index (χ1v) is 4.89. The van der Waals surface area contributed by atoms with Gasteiger partial charge in [0.05, 0.1) is 11.1 Å². The van der Waals surface area contributed by atoms with Crippen LogP contribution in [0.3, 0.4) is 0 Å². The van der Waals surface area contributed by atoms with Gasteiger partial charge in [-0.1, -0.05) is 17.5 Å². The maximum atomic E-state index is 10.8. The molecule has 0 saturated carbocycles. The molecule has 0 aliphatic rings. The number of carboxylic acids is 1. The van der Waals surface area contributed by atoms with Crippen LogP contribution < -0.4 is 5.32 Å². The summed E-state index contributed by atoms with van der Waals surface area (Å²) >= 11 is 5.70. The number of rotatable bonds is 3. The number of carbonyl (C=O) groups is 1. The lowest BCUT2D eigenvalue weighted by Crippen LogP contribution is -2.29.